The van der Waals surface area contributed by atoms with Crippen LogP contribution >= 0.6 is 11.6 Å². The summed E-state index contributed by atoms with van der Waals surface area (Å²) in [6.07, 6.45) is 0. The number of carbonyl (C=O) groups excluding carboxylic acids is 1. The zero-order valence-corrected chi connectivity index (χ0v) is 16.2. The Morgan fingerprint density at radius 3 is 2.82 bits per heavy atom. The zero-order valence-electron chi connectivity index (χ0n) is 15.4. The molecule has 0 unspecified atom stereocenters. The van der Waals surface area contributed by atoms with Gasteiger partial charge in [0.25, 0.3) is 5.91 Å². The van der Waals surface area contributed by atoms with Crippen LogP contribution in [-0.2, 0) is 20.2 Å². The number of amides is 1. The van der Waals surface area contributed by atoms with E-state index in [1.54, 1.807) is 22.7 Å². The second kappa shape index (κ2) is 7.66. The third-order valence-electron chi connectivity index (χ3n) is 4.79. The molecule has 144 valence electrons. The van der Waals surface area contributed by atoms with Crippen LogP contribution in [0.15, 0.2) is 48.5 Å². The Labute approximate surface area is 167 Å². The number of benzene rings is 2. The number of ether oxygens (including phenoxy) is 1. The summed E-state index contributed by atoms with van der Waals surface area (Å²) in [4.78, 5) is 14.9. The van der Waals surface area contributed by atoms with E-state index in [0.717, 1.165) is 28.1 Å². The van der Waals surface area contributed by atoms with Gasteiger partial charge in [-0.25, -0.2) is 0 Å². The highest BCUT2D eigenvalue weighted by Crippen LogP contribution is 2.40. The maximum absolute atomic E-state index is 13.3. The highest BCUT2D eigenvalue weighted by Gasteiger charge is 2.30. The maximum Gasteiger partial charge on any atom is 0.275 e. The molecule has 1 aliphatic heterocycles. The molecule has 0 aliphatic carbocycles. The predicted octanol–water partition coefficient (Wildman–Crippen LogP) is 3.27. The van der Waals surface area contributed by atoms with Crippen molar-refractivity contribution >= 4 is 17.5 Å². The van der Waals surface area contributed by atoms with Crippen LogP contribution in [0.5, 0.6) is 5.75 Å². The quantitative estimate of drug-likeness (QED) is 0.717. The molecule has 0 atom stereocenters. The highest BCUT2D eigenvalue weighted by atomic mass is 35.5. The number of hydrogen-bond donors (Lipinski definition) is 1. The summed E-state index contributed by atoms with van der Waals surface area (Å²) in [5.41, 5.74) is 3.71. The Bertz CT molecular complexity index is 1020. The minimum absolute atomic E-state index is 0.122. The minimum atomic E-state index is -0.233. The molecular formula is C21H20ClN3O3. The van der Waals surface area contributed by atoms with E-state index in [2.05, 4.69) is 5.10 Å². The summed E-state index contributed by atoms with van der Waals surface area (Å²) in [5, 5.41) is 14.5. The van der Waals surface area contributed by atoms with E-state index < -0.39 is 0 Å². The van der Waals surface area contributed by atoms with Gasteiger partial charge in [-0.3, -0.25) is 9.48 Å². The number of nitrogens with zero attached hydrogens (tertiary/aromatic N) is 3. The highest BCUT2D eigenvalue weighted by molar-refractivity contribution is 6.31. The molecule has 1 N–H and O–H groups in total. The molecule has 3 aromatic rings. The number of hydrogen-bond acceptors (Lipinski definition) is 4. The molecule has 28 heavy (non-hydrogen) atoms. The molecule has 0 saturated carbocycles. The minimum Gasteiger partial charge on any atom is -0.488 e. The first-order chi connectivity index (χ1) is 13.6. The Morgan fingerprint density at radius 1 is 1.29 bits per heavy atom. The van der Waals surface area contributed by atoms with E-state index in [1.165, 1.54) is 0 Å². The monoisotopic (exact) mass is 397 g/mol. The van der Waals surface area contributed by atoms with Crippen LogP contribution in [-0.4, -0.2) is 38.8 Å². The van der Waals surface area contributed by atoms with Crippen molar-refractivity contribution < 1.29 is 14.6 Å². The first-order valence-electron chi connectivity index (χ1n) is 9.01. The third-order valence-corrected chi connectivity index (χ3v) is 5.03. The van der Waals surface area contributed by atoms with Crippen molar-refractivity contribution in [1.29, 1.82) is 0 Å². The summed E-state index contributed by atoms with van der Waals surface area (Å²) < 4.78 is 7.53. The van der Waals surface area contributed by atoms with Crippen LogP contribution in [0.2, 0.25) is 5.02 Å². The van der Waals surface area contributed by atoms with E-state index >= 15 is 0 Å². The fourth-order valence-corrected chi connectivity index (χ4v) is 3.68. The molecule has 0 bridgehead atoms. The Morgan fingerprint density at radius 2 is 2.07 bits per heavy atom. The van der Waals surface area contributed by atoms with Crippen molar-refractivity contribution in [3.63, 3.8) is 0 Å². The summed E-state index contributed by atoms with van der Waals surface area (Å²) in [6, 6.07) is 15.1. The summed E-state index contributed by atoms with van der Waals surface area (Å²) in [6.45, 7) is 0.761. The number of aliphatic hydroxyl groups is 1. The van der Waals surface area contributed by atoms with Crippen LogP contribution in [0, 0.1) is 0 Å². The summed E-state index contributed by atoms with van der Waals surface area (Å²) in [7, 11) is 1.80. The lowest BCUT2D eigenvalue weighted by Crippen LogP contribution is -2.34. The molecule has 4 rings (SSSR count). The fraction of sp³-hybridized carbons (Fsp3) is 0.238. The van der Waals surface area contributed by atoms with E-state index in [-0.39, 0.29) is 25.7 Å². The zero-order chi connectivity index (χ0) is 19.7. The van der Waals surface area contributed by atoms with Gasteiger partial charge in [-0.1, -0.05) is 41.9 Å². The van der Waals surface area contributed by atoms with Crippen molar-refractivity contribution in [2.24, 2.45) is 7.05 Å². The lowest BCUT2D eigenvalue weighted by molar-refractivity contribution is 0.0698. The SMILES string of the molecule is Cn1nc(C(=O)N(CCO)Cc2ccccc2)c2c1-c1cc(Cl)ccc1OC2. The lowest BCUT2D eigenvalue weighted by atomic mass is 10.0. The molecule has 0 spiro atoms. The average Bonchev–Trinajstić information content (AvgIpc) is 3.05. The molecule has 1 aliphatic rings. The van der Waals surface area contributed by atoms with Crippen LogP contribution in [0.3, 0.4) is 0 Å². The van der Waals surface area contributed by atoms with Crippen molar-refractivity contribution in [2.75, 3.05) is 13.2 Å². The Hall–Kier alpha value is -2.83. The van der Waals surface area contributed by atoms with Gasteiger partial charge in [0.05, 0.1) is 12.3 Å². The maximum atomic E-state index is 13.3. The Balaban J connectivity index is 1.71. The van der Waals surface area contributed by atoms with Gasteiger partial charge in [-0.05, 0) is 23.8 Å². The lowest BCUT2D eigenvalue weighted by Gasteiger charge is -2.23. The average molecular weight is 398 g/mol. The smallest absolute Gasteiger partial charge is 0.275 e. The van der Waals surface area contributed by atoms with Crippen molar-refractivity contribution in [1.82, 2.24) is 14.7 Å². The van der Waals surface area contributed by atoms with E-state index in [9.17, 15) is 9.90 Å². The first kappa shape index (κ1) is 18.5. The van der Waals surface area contributed by atoms with Gasteiger partial charge in [0, 0.05) is 36.3 Å². The topological polar surface area (TPSA) is 67.6 Å². The molecule has 1 amide bonds. The normalized spacial score (nSPS) is 12.1. The second-order valence-electron chi connectivity index (χ2n) is 6.66. The van der Waals surface area contributed by atoms with E-state index in [0.29, 0.717) is 17.3 Å². The third kappa shape index (κ3) is 3.37. The van der Waals surface area contributed by atoms with Crippen molar-refractivity contribution in [3.05, 3.63) is 70.4 Å². The van der Waals surface area contributed by atoms with E-state index in [1.807, 2.05) is 42.5 Å². The standard InChI is InChI=1S/C21H20ClN3O3/c1-24-20-16-11-15(22)7-8-18(16)28-13-17(20)19(23-24)21(27)25(9-10-26)12-14-5-3-2-4-6-14/h2-8,11,26H,9-10,12-13H2,1H3. The molecule has 2 aromatic carbocycles. The van der Waals surface area contributed by atoms with Gasteiger partial charge in [0.1, 0.15) is 12.4 Å². The van der Waals surface area contributed by atoms with Gasteiger partial charge < -0.3 is 14.7 Å². The molecule has 6 nitrogen and oxygen atoms in total. The van der Waals surface area contributed by atoms with Crippen molar-refractivity contribution in [3.8, 4) is 17.0 Å². The summed E-state index contributed by atoms with van der Waals surface area (Å²) in [5.74, 6) is 0.485. The largest absolute Gasteiger partial charge is 0.488 e. The van der Waals surface area contributed by atoms with Gasteiger partial charge in [-0.2, -0.15) is 5.10 Å². The number of halogens is 1. The molecule has 7 heteroatoms. The molecular weight excluding hydrogens is 378 g/mol. The van der Waals surface area contributed by atoms with Crippen molar-refractivity contribution in [2.45, 2.75) is 13.2 Å². The molecule has 0 fully saturated rings. The predicted molar refractivity (Wildman–Crippen MR) is 106 cm³/mol. The van der Waals surface area contributed by atoms with Crippen LogP contribution in [0.25, 0.3) is 11.3 Å². The number of aromatic nitrogens is 2. The molecule has 0 radical (unpaired) electrons. The Kier molecular flexibility index (Phi) is 5.07. The number of fused-ring (bicyclic) bond motifs is 3. The molecule has 0 saturated heterocycles. The van der Waals surface area contributed by atoms with Crippen LogP contribution < -0.4 is 4.74 Å². The number of rotatable bonds is 5. The van der Waals surface area contributed by atoms with E-state index in [4.69, 9.17) is 16.3 Å². The first-order valence-corrected chi connectivity index (χ1v) is 9.39. The molecule has 1 aromatic heterocycles. The number of aliphatic hydroxyl groups excluding tert-OH is 1. The van der Waals surface area contributed by atoms with Gasteiger partial charge in [0.15, 0.2) is 5.69 Å². The second-order valence-corrected chi connectivity index (χ2v) is 7.10. The number of carbonyl (C=O) groups is 1. The van der Waals surface area contributed by atoms with Gasteiger partial charge in [0.2, 0.25) is 0 Å². The number of aryl methyl sites for hydroxylation is 1. The summed E-state index contributed by atoms with van der Waals surface area (Å²) >= 11 is 6.16. The van der Waals surface area contributed by atoms with Gasteiger partial charge in [-0.15, -0.1) is 0 Å². The fourth-order valence-electron chi connectivity index (χ4n) is 3.50. The molecule has 2 heterocycles. The van der Waals surface area contributed by atoms with Crippen LogP contribution in [0.4, 0.5) is 0 Å². The van der Waals surface area contributed by atoms with Crippen LogP contribution in [0.1, 0.15) is 21.6 Å². The van der Waals surface area contributed by atoms with Gasteiger partial charge >= 0.3 is 0 Å².